The number of likely N-dealkylation sites (tertiary alicyclic amines) is 1. The zero-order valence-electron chi connectivity index (χ0n) is 26.8. The van der Waals surface area contributed by atoms with Gasteiger partial charge in [0.2, 0.25) is 0 Å². The van der Waals surface area contributed by atoms with Crippen LogP contribution in [0.2, 0.25) is 0 Å². The Morgan fingerprint density at radius 3 is 2.67 bits per heavy atom. The van der Waals surface area contributed by atoms with Gasteiger partial charge in [-0.3, -0.25) is 14.2 Å². The molecule has 2 aliphatic rings. The molecule has 1 N–H and O–H groups in total. The molecule has 4 heterocycles. The summed E-state index contributed by atoms with van der Waals surface area (Å²) in [5, 5.41) is 12.3. The van der Waals surface area contributed by atoms with Crippen molar-refractivity contribution in [3.05, 3.63) is 101 Å². The van der Waals surface area contributed by atoms with Crippen LogP contribution in [0.1, 0.15) is 57.1 Å². The minimum absolute atomic E-state index is 0.0864. The third-order valence-corrected chi connectivity index (χ3v) is 9.17. The SMILES string of the molecule is COc1cc(C(=O)NCCN2CCCC2)ccc1Cc1ncc2c(n1)-c1c(nn(C)c1Cc1cccc(-c3cnn(C)c3)c1)CC2. The number of benzene rings is 2. The van der Waals surface area contributed by atoms with E-state index in [0.717, 1.165) is 83.8 Å². The third kappa shape index (κ3) is 6.17. The summed E-state index contributed by atoms with van der Waals surface area (Å²) in [5.74, 6) is 1.28. The van der Waals surface area contributed by atoms with Crippen molar-refractivity contribution in [2.45, 2.75) is 38.5 Å². The molecule has 1 saturated heterocycles. The predicted octanol–water partition coefficient (Wildman–Crippen LogP) is 4.39. The molecule has 0 atom stereocenters. The molecule has 3 aromatic heterocycles. The number of ether oxygens (including phenoxy) is 1. The fourth-order valence-electron chi connectivity index (χ4n) is 6.71. The van der Waals surface area contributed by atoms with E-state index in [9.17, 15) is 4.79 Å². The Morgan fingerprint density at radius 2 is 1.87 bits per heavy atom. The first-order chi connectivity index (χ1) is 22.4. The van der Waals surface area contributed by atoms with Crippen LogP contribution in [0.15, 0.2) is 61.1 Å². The number of fused-ring (bicyclic) bond motifs is 3. The van der Waals surface area contributed by atoms with Gasteiger partial charge in [-0.1, -0.05) is 30.3 Å². The van der Waals surface area contributed by atoms with Crippen molar-refractivity contribution in [1.29, 1.82) is 0 Å². The molecule has 0 unspecified atom stereocenters. The van der Waals surface area contributed by atoms with E-state index in [1.165, 1.54) is 18.4 Å². The number of hydrogen-bond acceptors (Lipinski definition) is 7. The van der Waals surface area contributed by atoms with E-state index in [-0.39, 0.29) is 5.91 Å². The lowest BCUT2D eigenvalue weighted by molar-refractivity contribution is 0.0949. The second-order valence-electron chi connectivity index (χ2n) is 12.3. The van der Waals surface area contributed by atoms with E-state index in [1.54, 1.807) is 7.11 Å². The maximum absolute atomic E-state index is 12.9. The van der Waals surface area contributed by atoms with Gasteiger partial charge in [-0.2, -0.15) is 10.2 Å². The summed E-state index contributed by atoms with van der Waals surface area (Å²) in [6.45, 7) is 3.76. The Bertz CT molecular complexity index is 1880. The van der Waals surface area contributed by atoms with Crippen LogP contribution in [-0.2, 0) is 39.8 Å². The summed E-state index contributed by atoms with van der Waals surface area (Å²) in [4.78, 5) is 25.1. The van der Waals surface area contributed by atoms with Crippen LogP contribution in [-0.4, -0.2) is 73.6 Å². The zero-order valence-corrected chi connectivity index (χ0v) is 26.8. The maximum atomic E-state index is 12.9. The van der Waals surface area contributed by atoms with E-state index in [0.29, 0.717) is 30.1 Å². The number of nitrogens with zero attached hydrogens (tertiary/aromatic N) is 7. The van der Waals surface area contributed by atoms with Gasteiger partial charge in [0.15, 0.2) is 0 Å². The molecule has 0 radical (unpaired) electrons. The molecular formula is C36H40N8O2. The van der Waals surface area contributed by atoms with Crippen LogP contribution in [0.4, 0.5) is 0 Å². The molecule has 46 heavy (non-hydrogen) atoms. The molecule has 7 rings (SSSR count). The monoisotopic (exact) mass is 616 g/mol. The first-order valence-corrected chi connectivity index (χ1v) is 16.1. The second-order valence-corrected chi connectivity index (χ2v) is 12.3. The third-order valence-electron chi connectivity index (χ3n) is 9.17. The number of rotatable bonds is 10. The highest BCUT2D eigenvalue weighted by Crippen LogP contribution is 2.36. The van der Waals surface area contributed by atoms with Crippen LogP contribution in [0.3, 0.4) is 0 Å². The van der Waals surface area contributed by atoms with Crippen molar-refractivity contribution < 1.29 is 9.53 Å². The number of carbonyl (C=O) groups is 1. The van der Waals surface area contributed by atoms with Crippen LogP contribution < -0.4 is 10.1 Å². The molecule has 10 heteroatoms. The van der Waals surface area contributed by atoms with Crippen molar-refractivity contribution in [3.63, 3.8) is 0 Å². The molecule has 5 aromatic rings. The summed E-state index contributed by atoms with van der Waals surface area (Å²) < 4.78 is 9.57. The fraction of sp³-hybridized carbons (Fsp3) is 0.361. The quantitative estimate of drug-likeness (QED) is 0.248. The molecule has 0 bridgehead atoms. The minimum Gasteiger partial charge on any atom is -0.496 e. The average Bonchev–Trinajstić information content (AvgIpc) is 3.82. The highest BCUT2D eigenvalue weighted by Gasteiger charge is 2.27. The number of amides is 1. The molecule has 1 aliphatic heterocycles. The maximum Gasteiger partial charge on any atom is 0.251 e. The van der Waals surface area contributed by atoms with Crippen molar-refractivity contribution in [1.82, 2.24) is 39.7 Å². The van der Waals surface area contributed by atoms with Gasteiger partial charge in [0.1, 0.15) is 11.6 Å². The lowest BCUT2D eigenvalue weighted by atomic mass is 9.91. The van der Waals surface area contributed by atoms with Gasteiger partial charge in [-0.05, 0) is 67.6 Å². The number of hydrogen-bond donors (Lipinski definition) is 1. The standard InChI is InChI=1S/C36H40N8O2/c1-42-23-29(22-39-42)25-8-6-7-24(17-25)18-31-34-30(41-43(31)2)12-11-28-21-38-33(40-35(28)34)20-26-9-10-27(19-32(26)46-3)36(45)37-13-16-44-14-4-5-15-44/h6-10,17,19,21-23H,4-5,11-16,18,20H2,1-3H3,(H,37,45). The van der Waals surface area contributed by atoms with E-state index in [1.807, 2.05) is 60.2 Å². The smallest absolute Gasteiger partial charge is 0.251 e. The molecule has 0 spiro atoms. The Labute approximate surface area is 269 Å². The van der Waals surface area contributed by atoms with Crippen molar-refractivity contribution in [2.75, 3.05) is 33.3 Å². The molecule has 2 aromatic carbocycles. The first kappa shape index (κ1) is 29.9. The number of methoxy groups -OCH3 is 1. The van der Waals surface area contributed by atoms with E-state index in [4.69, 9.17) is 19.8 Å². The summed E-state index contributed by atoms with van der Waals surface area (Å²) in [6.07, 6.45) is 11.3. The average molecular weight is 617 g/mol. The Hall–Kier alpha value is -4.83. The van der Waals surface area contributed by atoms with Crippen molar-refractivity contribution in [2.24, 2.45) is 14.1 Å². The van der Waals surface area contributed by atoms with Gasteiger partial charge >= 0.3 is 0 Å². The van der Waals surface area contributed by atoms with Gasteiger partial charge in [-0.15, -0.1) is 0 Å². The number of carbonyl (C=O) groups excluding carboxylic acids is 1. The topological polar surface area (TPSA) is 103 Å². The van der Waals surface area contributed by atoms with Crippen LogP contribution in [0, 0.1) is 0 Å². The second kappa shape index (κ2) is 12.9. The number of aromatic nitrogens is 6. The fourth-order valence-corrected chi connectivity index (χ4v) is 6.71. The molecule has 236 valence electrons. The van der Waals surface area contributed by atoms with Gasteiger partial charge in [-0.25, -0.2) is 9.97 Å². The predicted molar refractivity (Wildman–Crippen MR) is 177 cm³/mol. The molecule has 1 amide bonds. The summed E-state index contributed by atoms with van der Waals surface area (Å²) in [6, 6.07) is 14.2. The van der Waals surface area contributed by atoms with Gasteiger partial charge in [0, 0.05) is 74.7 Å². The number of aryl methyl sites for hydroxylation is 4. The van der Waals surface area contributed by atoms with Gasteiger partial charge in [0.25, 0.3) is 5.91 Å². The largest absolute Gasteiger partial charge is 0.496 e. The lowest BCUT2D eigenvalue weighted by Crippen LogP contribution is -2.33. The summed E-state index contributed by atoms with van der Waals surface area (Å²) in [5.41, 5.74) is 10.4. The van der Waals surface area contributed by atoms with Crippen LogP contribution in [0.25, 0.3) is 22.4 Å². The van der Waals surface area contributed by atoms with Crippen LogP contribution in [0.5, 0.6) is 5.75 Å². The van der Waals surface area contributed by atoms with Crippen molar-refractivity contribution >= 4 is 5.91 Å². The number of nitrogens with one attached hydrogen (secondary N) is 1. The molecule has 0 saturated carbocycles. The molecule has 10 nitrogen and oxygen atoms in total. The lowest BCUT2D eigenvalue weighted by Gasteiger charge is -2.17. The molecular weight excluding hydrogens is 576 g/mol. The Balaban J connectivity index is 1.11. The van der Waals surface area contributed by atoms with Gasteiger partial charge < -0.3 is 15.0 Å². The zero-order chi connectivity index (χ0) is 31.6. The Kier molecular flexibility index (Phi) is 8.36. The minimum atomic E-state index is -0.0864. The van der Waals surface area contributed by atoms with E-state index >= 15 is 0 Å². The van der Waals surface area contributed by atoms with E-state index < -0.39 is 0 Å². The molecule has 1 aliphatic carbocycles. The highest BCUT2D eigenvalue weighted by atomic mass is 16.5. The van der Waals surface area contributed by atoms with Crippen LogP contribution >= 0.6 is 0 Å². The first-order valence-electron chi connectivity index (χ1n) is 16.1. The highest BCUT2D eigenvalue weighted by molar-refractivity contribution is 5.94. The van der Waals surface area contributed by atoms with Gasteiger partial charge in [0.05, 0.1) is 30.4 Å². The van der Waals surface area contributed by atoms with E-state index in [2.05, 4.69) is 39.6 Å². The summed E-state index contributed by atoms with van der Waals surface area (Å²) >= 11 is 0. The Morgan fingerprint density at radius 1 is 1.00 bits per heavy atom. The normalized spacial score (nSPS) is 14.2. The molecule has 1 fully saturated rings. The van der Waals surface area contributed by atoms with Crippen molar-refractivity contribution in [3.8, 4) is 28.1 Å². The summed E-state index contributed by atoms with van der Waals surface area (Å²) in [7, 11) is 5.60.